The second-order valence-electron chi connectivity index (χ2n) is 7.61. The molecule has 0 aliphatic rings. The van der Waals surface area contributed by atoms with E-state index < -0.39 is 11.4 Å². The van der Waals surface area contributed by atoms with Gasteiger partial charge in [-0.15, -0.1) is 0 Å². The number of hydrogen-bond donors (Lipinski definition) is 2. The summed E-state index contributed by atoms with van der Waals surface area (Å²) in [6.07, 6.45) is 19.8. The van der Waals surface area contributed by atoms with Gasteiger partial charge in [-0.1, -0.05) is 104 Å². The summed E-state index contributed by atoms with van der Waals surface area (Å²) >= 11 is 0. The molecule has 154 valence electrons. The van der Waals surface area contributed by atoms with Crippen molar-refractivity contribution in [1.82, 2.24) is 6.15 Å². The van der Waals surface area contributed by atoms with E-state index in [1.54, 1.807) is 0 Å². The minimum absolute atomic E-state index is 0. The quantitative estimate of drug-likeness (QED) is 0.358. The minimum atomic E-state index is -0.603. The summed E-state index contributed by atoms with van der Waals surface area (Å²) in [7, 11) is 0. The molecule has 0 aliphatic carbocycles. The maximum Gasteiger partial charge on any atom is 0.309 e. The van der Waals surface area contributed by atoms with Crippen molar-refractivity contribution >= 4 is 5.97 Å². The number of rotatable bonds is 17. The molecule has 0 spiro atoms. The van der Waals surface area contributed by atoms with E-state index in [0.29, 0.717) is 0 Å². The number of halogens is 1. The summed E-state index contributed by atoms with van der Waals surface area (Å²) in [6.45, 7) is 6.33. The molecule has 0 amide bonds. The average molecular weight is 380 g/mol. The summed E-state index contributed by atoms with van der Waals surface area (Å²) in [5.74, 6) is -0.603. The van der Waals surface area contributed by atoms with Crippen LogP contribution < -0.4 is 18.6 Å². The van der Waals surface area contributed by atoms with E-state index in [0.717, 1.165) is 32.1 Å². The third-order valence-electron chi connectivity index (χ3n) is 5.18. The van der Waals surface area contributed by atoms with Crippen LogP contribution in [-0.2, 0) is 4.79 Å². The van der Waals surface area contributed by atoms with Gasteiger partial charge >= 0.3 is 5.97 Å². The van der Waals surface area contributed by atoms with Gasteiger partial charge in [0.05, 0.1) is 5.41 Å². The highest BCUT2D eigenvalue weighted by molar-refractivity contribution is 5.74. The van der Waals surface area contributed by atoms with Gasteiger partial charge in [-0.05, 0) is 19.8 Å². The number of carboxylic acid groups (broad SMARTS) is 1. The Hall–Kier alpha value is -0.280. The Bertz CT molecular complexity index is 287. The molecule has 3 nitrogen and oxygen atoms in total. The van der Waals surface area contributed by atoms with Crippen molar-refractivity contribution in [3.63, 3.8) is 0 Å². The van der Waals surface area contributed by atoms with E-state index in [9.17, 15) is 9.90 Å². The number of hydrogen-bond acceptors (Lipinski definition) is 1. The van der Waals surface area contributed by atoms with E-state index in [2.05, 4.69) is 13.8 Å². The van der Waals surface area contributed by atoms with Crippen LogP contribution in [0.5, 0.6) is 0 Å². The summed E-state index contributed by atoms with van der Waals surface area (Å²) < 4.78 is 0. The highest BCUT2D eigenvalue weighted by Gasteiger charge is 2.31. The number of unbranched alkanes of at least 4 members (excludes halogenated alkanes) is 12. The van der Waals surface area contributed by atoms with Crippen molar-refractivity contribution in [3.05, 3.63) is 0 Å². The van der Waals surface area contributed by atoms with Crippen molar-refractivity contribution < 1.29 is 22.3 Å². The zero-order valence-corrected chi connectivity index (χ0v) is 18.3. The maximum atomic E-state index is 11.5. The molecule has 0 aliphatic heterocycles. The molecule has 0 bridgehead atoms. The molecule has 0 heterocycles. The molecular weight excluding hydrogens is 334 g/mol. The average Bonchev–Trinajstić information content (AvgIpc) is 2.53. The topological polar surface area (TPSA) is 73.8 Å². The van der Waals surface area contributed by atoms with Crippen LogP contribution in [0.25, 0.3) is 0 Å². The standard InChI is InChI=1S/C21H42O2.ClH.H3N/c1-4-6-8-9-10-11-12-13-14-15-16-17-19-21(3,20(22)23)18-7-5-2;;/h4-19H2,1-3H3,(H,22,23);1H;1H3. The summed E-state index contributed by atoms with van der Waals surface area (Å²) in [4.78, 5) is 11.5. The largest absolute Gasteiger partial charge is 1.00 e. The van der Waals surface area contributed by atoms with Crippen molar-refractivity contribution in [3.8, 4) is 0 Å². The maximum absolute atomic E-state index is 11.5. The fraction of sp³-hybridized carbons (Fsp3) is 0.952. The first-order chi connectivity index (χ1) is 11.1. The molecule has 0 saturated carbocycles. The Labute approximate surface area is 163 Å². The lowest BCUT2D eigenvalue weighted by molar-refractivity contribution is -0.149. The number of aliphatic carboxylic acids is 1. The molecule has 1 unspecified atom stereocenters. The van der Waals surface area contributed by atoms with Crippen LogP contribution >= 0.6 is 0 Å². The molecule has 0 aromatic rings. The van der Waals surface area contributed by atoms with Crippen molar-refractivity contribution in [2.45, 2.75) is 124 Å². The first-order valence-electron chi connectivity index (χ1n) is 10.3. The van der Waals surface area contributed by atoms with Crippen LogP contribution in [0, 0.1) is 5.41 Å². The van der Waals surface area contributed by atoms with Crippen LogP contribution in [0.15, 0.2) is 0 Å². The fourth-order valence-electron chi connectivity index (χ4n) is 3.26. The fourth-order valence-corrected chi connectivity index (χ4v) is 3.26. The highest BCUT2D eigenvalue weighted by atomic mass is 35.5. The molecule has 5 N–H and O–H groups in total. The summed E-state index contributed by atoms with van der Waals surface area (Å²) in [6, 6.07) is 0. The second kappa shape index (κ2) is 20.0. The summed E-state index contributed by atoms with van der Waals surface area (Å²) in [5, 5.41) is 9.44. The Morgan fingerprint density at radius 3 is 1.36 bits per heavy atom. The molecule has 1 atom stereocenters. The molecule has 0 aromatic heterocycles. The van der Waals surface area contributed by atoms with Crippen molar-refractivity contribution in [1.29, 1.82) is 0 Å². The second-order valence-corrected chi connectivity index (χ2v) is 7.61. The Morgan fingerprint density at radius 2 is 1.00 bits per heavy atom. The SMILES string of the molecule is CCCCCCCCCCCCCCC(C)(CCCC)C(=O)O.[Cl-].[NH4+]. The first kappa shape index (κ1) is 29.5. The molecule has 0 radical (unpaired) electrons. The highest BCUT2D eigenvalue weighted by Crippen LogP contribution is 2.31. The van der Waals surface area contributed by atoms with Gasteiger partial charge in [0, 0.05) is 0 Å². The number of carboxylic acids is 1. The first-order valence-corrected chi connectivity index (χ1v) is 10.3. The van der Waals surface area contributed by atoms with Crippen LogP contribution in [-0.4, -0.2) is 11.1 Å². The smallest absolute Gasteiger partial charge is 0.309 e. The Kier molecular flexibility index (Phi) is 23.6. The van der Waals surface area contributed by atoms with Gasteiger partial charge in [-0.2, -0.15) is 0 Å². The molecule has 4 heteroatoms. The van der Waals surface area contributed by atoms with Gasteiger partial charge in [0.2, 0.25) is 0 Å². The van der Waals surface area contributed by atoms with E-state index >= 15 is 0 Å². The molecule has 0 aromatic carbocycles. The minimum Gasteiger partial charge on any atom is -1.00 e. The van der Waals surface area contributed by atoms with Crippen LogP contribution in [0.1, 0.15) is 124 Å². The molecule has 0 rings (SSSR count). The third kappa shape index (κ3) is 16.9. The van der Waals surface area contributed by atoms with Crippen LogP contribution in [0.2, 0.25) is 0 Å². The van der Waals surface area contributed by atoms with E-state index in [1.165, 1.54) is 70.6 Å². The molecular formula is C21H46ClNO2. The lowest BCUT2D eigenvalue weighted by atomic mass is 9.80. The molecule has 25 heavy (non-hydrogen) atoms. The van der Waals surface area contributed by atoms with Crippen LogP contribution in [0.3, 0.4) is 0 Å². The van der Waals surface area contributed by atoms with Gasteiger partial charge in [0.15, 0.2) is 0 Å². The Balaban J connectivity index is -0.00000242. The van der Waals surface area contributed by atoms with E-state index in [4.69, 9.17) is 0 Å². The zero-order valence-electron chi connectivity index (χ0n) is 17.5. The van der Waals surface area contributed by atoms with Gasteiger partial charge in [-0.25, -0.2) is 0 Å². The normalized spacial score (nSPS) is 12.8. The Morgan fingerprint density at radius 1 is 0.680 bits per heavy atom. The van der Waals surface area contributed by atoms with Gasteiger partial charge in [-0.3, -0.25) is 4.79 Å². The van der Waals surface area contributed by atoms with Gasteiger partial charge in [0.1, 0.15) is 0 Å². The third-order valence-corrected chi connectivity index (χ3v) is 5.18. The monoisotopic (exact) mass is 379 g/mol. The van der Waals surface area contributed by atoms with Crippen molar-refractivity contribution in [2.75, 3.05) is 0 Å². The molecule has 0 saturated heterocycles. The van der Waals surface area contributed by atoms with E-state index in [-0.39, 0.29) is 18.6 Å². The zero-order chi connectivity index (χ0) is 17.4. The number of carbonyl (C=O) groups is 1. The van der Waals surface area contributed by atoms with E-state index in [1.807, 2.05) is 6.92 Å². The molecule has 0 fully saturated rings. The lowest BCUT2D eigenvalue weighted by Gasteiger charge is -2.24. The van der Waals surface area contributed by atoms with Gasteiger partial charge in [0.25, 0.3) is 0 Å². The summed E-state index contributed by atoms with van der Waals surface area (Å²) in [5.41, 5.74) is -0.492. The lowest BCUT2D eigenvalue weighted by Crippen LogP contribution is -3.00. The van der Waals surface area contributed by atoms with Crippen LogP contribution in [0.4, 0.5) is 0 Å². The number of quaternary nitrogens is 1. The predicted molar refractivity (Wildman–Crippen MR) is 107 cm³/mol. The van der Waals surface area contributed by atoms with Crippen molar-refractivity contribution in [2.24, 2.45) is 5.41 Å². The van der Waals surface area contributed by atoms with Gasteiger partial charge < -0.3 is 23.7 Å². The predicted octanol–water partition coefficient (Wildman–Crippen LogP) is 4.74.